The van der Waals surface area contributed by atoms with Gasteiger partial charge in [0.25, 0.3) is 0 Å². The van der Waals surface area contributed by atoms with E-state index < -0.39 is 0 Å². The van der Waals surface area contributed by atoms with Crippen molar-refractivity contribution in [1.29, 1.82) is 0 Å². The number of nitrogens with one attached hydrogen (secondary N) is 1. The molecule has 1 aromatic rings. The van der Waals surface area contributed by atoms with Crippen LogP contribution in [0.2, 0.25) is 0 Å². The van der Waals surface area contributed by atoms with E-state index >= 15 is 0 Å². The molecule has 0 amide bonds. The minimum Gasteiger partial charge on any atom is -1.00 e. The molecule has 0 aromatic carbocycles. The van der Waals surface area contributed by atoms with Crippen molar-refractivity contribution >= 4 is 11.3 Å². The lowest BCUT2D eigenvalue weighted by Gasteiger charge is -2.20. The summed E-state index contributed by atoms with van der Waals surface area (Å²) in [5.41, 5.74) is 1.41. The fraction of sp³-hybridized carbons (Fsp3) is 0.769. The number of rotatable bonds is 5. The SMILES string of the molecule is CCCCc1nc2c(s1)CCCC2CNC.[Cl-].[H+]. The molecule has 17 heavy (non-hydrogen) atoms. The highest BCUT2D eigenvalue weighted by atomic mass is 35.5. The van der Waals surface area contributed by atoms with Crippen LogP contribution >= 0.6 is 11.3 Å². The summed E-state index contributed by atoms with van der Waals surface area (Å²) in [6, 6.07) is 0. The predicted octanol–water partition coefficient (Wildman–Crippen LogP) is 0.242. The maximum Gasteiger partial charge on any atom is 1.00 e. The maximum atomic E-state index is 4.87. The summed E-state index contributed by atoms with van der Waals surface area (Å²) in [5.74, 6) is 0.667. The molecule has 2 rings (SSSR count). The first-order valence-electron chi connectivity index (χ1n) is 6.48. The van der Waals surface area contributed by atoms with Crippen molar-refractivity contribution < 1.29 is 13.8 Å². The molecule has 1 unspecified atom stereocenters. The molecule has 0 saturated heterocycles. The Balaban J connectivity index is 0.00000144. The molecule has 0 fully saturated rings. The molecule has 98 valence electrons. The first-order chi connectivity index (χ1) is 7.85. The Kier molecular flexibility index (Phi) is 6.45. The van der Waals surface area contributed by atoms with Gasteiger partial charge in [0.1, 0.15) is 0 Å². The first kappa shape index (κ1) is 14.9. The third kappa shape index (κ3) is 3.67. The molecular weight excluding hydrogens is 252 g/mol. The second-order valence-electron chi connectivity index (χ2n) is 4.67. The van der Waals surface area contributed by atoms with Crippen LogP contribution in [0.25, 0.3) is 0 Å². The second-order valence-corrected chi connectivity index (χ2v) is 5.83. The van der Waals surface area contributed by atoms with Gasteiger partial charge in [-0.25, -0.2) is 4.98 Å². The molecule has 1 N–H and O–H groups in total. The van der Waals surface area contributed by atoms with E-state index in [0.717, 1.165) is 6.54 Å². The molecule has 0 bridgehead atoms. The van der Waals surface area contributed by atoms with E-state index in [4.69, 9.17) is 4.98 Å². The summed E-state index contributed by atoms with van der Waals surface area (Å²) in [6.45, 7) is 3.33. The van der Waals surface area contributed by atoms with Gasteiger partial charge in [-0.1, -0.05) is 13.3 Å². The van der Waals surface area contributed by atoms with Gasteiger partial charge in [-0.05, 0) is 39.2 Å². The Labute approximate surface area is 116 Å². The van der Waals surface area contributed by atoms with E-state index in [0.29, 0.717) is 5.92 Å². The van der Waals surface area contributed by atoms with Gasteiger partial charge in [0.15, 0.2) is 0 Å². The molecule has 1 atom stereocenters. The highest BCUT2D eigenvalue weighted by Gasteiger charge is 2.23. The molecule has 1 aromatic heterocycles. The molecule has 0 spiro atoms. The second kappa shape index (κ2) is 7.34. The summed E-state index contributed by atoms with van der Waals surface area (Å²) in [4.78, 5) is 6.43. The van der Waals surface area contributed by atoms with Crippen LogP contribution in [-0.4, -0.2) is 18.6 Å². The zero-order chi connectivity index (χ0) is 11.4. The average molecular weight is 275 g/mol. The van der Waals surface area contributed by atoms with Crippen LogP contribution in [0.5, 0.6) is 0 Å². The van der Waals surface area contributed by atoms with Gasteiger partial charge >= 0.3 is 1.43 Å². The van der Waals surface area contributed by atoms with Crippen molar-refractivity contribution in [2.45, 2.75) is 51.4 Å². The third-order valence-corrected chi connectivity index (χ3v) is 4.50. The van der Waals surface area contributed by atoms with E-state index in [1.165, 1.54) is 49.2 Å². The molecule has 0 radical (unpaired) electrons. The fourth-order valence-electron chi connectivity index (χ4n) is 2.44. The maximum absolute atomic E-state index is 4.87. The van der Waals surface area contributed by atoms with Crippen LogP contribution in [-0.2, 0) is 12.8 Å². The summed E-state index contributed by atoms with van der Waals surface area (Å²) in [6.07, 6.45) is 7.65. The standard InChI is InChI=1S/C13H22N2S.ClH/c1-3-4-8-12-15-13-10(9-14-2)6-5-7-11(13)16-12;/h10,14H,3-9H2,1-2H3;1H. The number of aryl methyl sites for hydroxylation is 2. The van der Waals surface area contributed by atoms with Crippen LogP contribution in [0.4, 0.5) is 0 Å². The predicted molar refractivity (Wildman–Crippen MR) is 71.4 cm³/mol. The van der Waals surface area contributed by atoms with Crippen molar-refractivity contribution in [3.63, 3.8) is 0 Å². The summed E-state index contributed by atoms with van der Waals surface area (Å²) in [5, 5.41) is 4.67. The van der Waals surface area contributed by atoms with Crippen LogP contribution in [0, 0.1) is 0 Å². The lowest BCUT2D eigenvalue weighted by Crippen LogP contribution is -3.00. The lowest BCUT2D eigenvalue weighted by atomic mass is 9.91. The highest BCUT2D eigenvalue weighted by Crippen LogP contribution is 2.34. The quantitative estimate of drug-likeness (QED) is 0.832. The number of hydrogen-bond donors (Lipinski definition) is 1. The number of aromatic nitrogens is 1. The fourth-order valence-corrected chi connectivity index (χ4v) is 3.68. The molecule has 2 nitrogen and oxygen atoms in total. The number of halogens is 1. The molecule has 1 heterocycles. The number of fused-ring (bicyclic) bond motifs is 1. The molecule has 1 aliphatic carbocycles. The molecule has 1 aliphatic rings. The number of hydrogen-bond acceptors (Lipinski definition) is 3. The van der Waals surface area contributed by atoms with Gasteiger partial charge < -0.3 is 17.7 Å². The zero-order valence-electron chi connectivity index (χ0n) is 11.8. The minimum atomic E-state index is 0. The topological polar surface area (TPSA) is 24.9 Å². The normalized spacial score (nSPS) is 18.6. The Morgan fingerprint density at radius 3 is 3.06 bits per heavy atom. The monoisotopic (exact) mass is 274 g/mol. The average Bonchev–Trinajstić information content (AvgIpc) is 2.70. The third-order valence-electron chi connectivity index (χ3n) is 3.31. The van der Waals surface area contributed by atoms with Crippen LogP contribution in [0.15, 0.2) is 0 Å². The van der Waals surface area contributed by atoms with E-state index in [1.807, 2.05) is 18.4 Å². The summed E-state index contributed by atoms with van der Waals surface area (Å²) in [7, 11) is 2.04. The molecule has 4 heteroatoms. The highest BCUT2D eigenvalue weighted by molar-refractivity contribution is 7.11. The van der Waals surface area contributed by atoms with Crippen LogP contribution in [0.3, 0.4) is 0 Å². The van der Waals surface area contributed by atoms with Gasteiger partial charge in [-0.2, -0.15) is 0 Å². The van der Waals surface area contributed by atoms with E-state index in [2.05, 4.69) is 12.2 Å². The van der Waals surface area contributed by atoms with E-state index in [9.17, 15) is 0 Å². The van der Waals surface area contributed by atoms with Crippen molar-refractivity contribution in [1.82, 2.24) is 10.3 Å². The Morgan fingerprint density at radius 1 is 1.53 bits per heavy atom. The van der Waals surface area contributed by atoms with Crippen LogP contribution in [0.1, 0.15) is 55.5 Å². The molecule has 0 saturated carbocycles. The number of thiazole rings is 1. The van der Waals surface area contributed by atoms with Crippen LogP contribution < -0.4 is 17.7 Å². The van der Waals surface area contributed by atoms with Crippen molar-refractivity contribution in [3.05, 3.63) is 15.6 Å². The smallest absolute Gasteiger partial charge is 1.00 e. The van der Waals surface area contributed by atoms with Crippen molar-refractivity contribution in [2.24, 2.45) is 0 Å². The molecule has 0 aliphatic heterocycles. The number of nitrogens with zero attached hydrogens (tertiary/aromatic N) is 1. The number of likely N-dealkylation sites (N-methyl/N-ethyl adjacent to an activating group) is 1. The Morgan fingerprint density at radius 2 is 2.35 bits per heavy atom. The Bertz CT molecular complexity index is 344. The lowest BCUT2D eigenvalue weighted by molar-refractivity contribution is -0.00000345. The Hall–Kier alpha value is -0.120. The van der Waals surface area contributed by atoms with Gasteiger partial charge in [0, 0.05) is 17.3 Å². The van der Waals surface area contributed by atoms with E-state index in [-0.39, 0.29) is 13.8 Å². The van der Waals surface area contributed by atoms with Gasteiger partial charge in [-0.15, -0.1) is 11.3 Å². The summed E-state index contributed by atoms with van der Waals surface area (Å²) < 4.78 is 0. The van der Waals surface area contributed by atoms with E-state index in [1.54, 1.807) is 4.88 Å². The largest absolute Gasteiger partial charge is 1.00 e. The number of unbranched alkanes of at least 4 members (excludes halogenated alkanes) is 1. The van der Waals surface area contributed by atoms with Gasteiger partial charge in [0.05, 0.1) is 10.7 Å². The molecular formula is C13H23ClN2S. The van der Waals surface area contributed by atoms with Crippen molar-refractivity contribution in [3.8, 4) is 0 Å². The van der Waals surface area contributed by atoms with Crippen molar-refractivity contribution in [2.75, 3.05) is 13.6 Å². The van der Waals surface area contributed by atoms with Gasteiger partial charge in [-0.3, -0.25) is 0 Å². The minimum absolute atomic E-state index is 0. The zero-order valence-corrected chi connectivity index (χ0v) is 12.3. The first-order valence-corrected chi connectivity index (χ1v) is 7.29. The summed E-state index contributed by atoms with van der Waals surface area (Å²) >= 11 is 1.97. The van der Waals surface area contributed by atoms with Gasteiger partial charge in [0.2, 0.25) is 0 Å².